The highest BCUT2D eigenvalue weighted by Crippen LogP contribution is 2.36. The first-order chi connectivity index (χ1) is 16.8. The van der Waals surface area contributed by atoms with Gasteiger partial charge in [0.05, 0.1) is 17.3 Å². The van der Waals surface area contributed by atoms with Gasteiger partial charge in [0.25, 0.3) is 0 Å². The topological polar surface area (TPSA) is 56.6 Å². The Morgan fingerprint density at radius 3 is 2.71 bits per heavy atom. The Morgan fingerprint density at radius 2 is 2.03 bits per heavy atom. The van der Waals surface area contributed by atoms with Crippen LogP contribution in [0, 0.1) is 6.92 Å². The lowest BCUT2D eigenvalue weighted by atomic mass is 9.91. The molecule has 0 spiro atoms. The number of anilines is 1. The number of carbonyl (C=O) groups is 1. The molecular formula is C29H35N3O3. The van der Waals surface area contributed by atoms with E-state index in [-0.39, 0.29) is 12.2 Å². The van der Waals surface area contributed by atoms with Crippen LogP contribution in [0.25, 0.3) is 16.5 Å². The average molecular weight is 474 g/mol. The molecule has 1 aromatic heterocycles. The van der Waals surface area contributed by atoms with E-state index in [1.54, 1.807) is 0 Å². The van der Waals surface area contributed by atoms with Crippen LogP contribution in [0.15, 0.2) is 48.7 Å². The van der Waals surface area contributed by atoms with E-state index < -0.39 is 5.60 Å². The van der Waals surface area contributed by atoms with E-state index in [0.29, 0.717) is 5.56 Å². The highest BCUT2D eigenvalue weighted by Gasteiger charge is 2.27. The van der Waals surface area contributed by atoms with Gasteiger partial charge in [-0.3, -0.25) is 0 Å². The third-order valence-electron chi connectivity index (χ3n) is 6.72. The number of benzene rings is 2. The number of ether oxygens (including phenoxy) is 2. The van der Waals surface area contributed by atoms with E-state index in [1.165, 1.54) is 16.8 Å². The van der Waals surface area contributed by atoms with E-state index >= 15 is 0 Å². The van der Waals surface area contributed by atoms with Crippen LogP contribution in [0.4, 0.5) is 5.69 Å². The SMILES string of the molecule is Cc1cccc(N2CC=C(c3c(C(=O)OC(C)(C)C)ccc4c3cnn4C3CCCCO3)CC2)c1. The van der Waals surface area contributed by atoms with Crippen molar-refractivity contribution >= 4 is 28.1 Å². The molecule has 3 aromatic rings. The number of rotatable bonds is 4. The summed E-state index contributed by atoms with van der Waals surface area (Å²) in [6.07, 6.45) is 8.11. The molecule has 1 unspecified atom stereocenters. The minimum Gasteiger partial charge on any atom is -0.456 e. The number of fused-ring (bicyclic) bond motifs is 1. The Labute approximate surface area is 207 Å². The Kier molecular flexibility index (Phi) is 6.41. The molecule has 0 aliphatic carbocycles. The molecule has 2 aliphatic heterocycles. The summed E-state index contributed by atoms with van der Waals surface area (Å²) < 4.78 is 13.8. The maximum atomic E-state index is 13.3. The van der Waals surface area contributed by atoms with Crippen LogP contribution in [-0.4, -0.2) is 41.0 Å². The Balaban J connectivity index is 1.55. The minimum absolute atomic E-state index is 0.0568. The molecule has 0 radical (unpaired) electrons. The molecule has 35 heavy (non-hydrogen) atoms. The second kappa shape index (κ2) is 9.50. The summed E-state index contributed by atoms with van der Waals surface area (Å²) in [4.78, 5) is 15.7. The van der Waals surface area contributed by atoms with Crippen molar-refractivity contribution in [3.05, 3.63) is 65.4 Å². The monoisotopic (exact) mass is 473 g/mol. The van der Waals surface area contributed by atoms with Crippen LogP contribution in [0.3, 0.4) is 0 Å². The lowest BCUT2D eigenvalue weighted by molar-refractivity contribution is -0.0366. The summed E-state index contributed by atoms with van der Waals surface area (Å²) in [5.41, 5.74) is 5.65. The van der Waals surface area contributed by atoms with Crippen LogP contribution in [0.2, 0.25) is 0 Å². The van der Waals surface area contributed by atoms with Gasteiger partial charge in [0, 0.05) is 36.3 Å². The summed E-state index contributed by atoms with van der Waals surface area (Å²) in [6, 6.07) is 12.5. The molecule has 1 atom stereocenters. The molecule has 1 saturated heterocycles. The number of hydrogen-bond donors (Lipinski definition) is 0. The molecule has 5 rings (SSSR count). The maximum absolute atomic E-state index is 13.3. The Hall–Kier alpha value is -3.12. The molecule has 6 nitrogen and oxygen atoms in total. The van der Waals surface area contributed by atoms with Gasteiger partial charge < -0.3 is 14.4 Å². The third kappa shape index (κ3) is 4.98. The Morgan fingerprint density at radius 1 is 1.17 bits per heavy atom. The van der Waals surface area contributed by atoms with Gasteiger partial charge in [-0.05, 0) is 88.8 Å². The van der Waals surface area contributed by atoms with E-state index in [0.717, 1.165) is 61.8 Å². The number of esters is 1. The first-order valence-corrected chi connectivity index (χ1v) is 12.7. The smallest absolute Gasteiger partial charge is 0.339 e. The lowest BCUT2D eigenvalue weighted by Crippen LogP contribution is -2.29. The van der Waals surface area contributed by atoms with Crippen LogP contribution < -0.4 is 4.90 Å². The van der Waals surface area contributed by atoms with E-state index in [2.05, 4.69) is 42.2 Å². The van der Waals surface area contributed by atoms with E-state index in [4.69, 9.17) is 14.6 Å². The fourth-order valence-corrected chi connectivity index (χ4v) is 5.07. The minimum atomic E-state index is -0.563. The van der Waals surface area contributed by atoms with Crippen LogP contribution in [-0.2, 0) is 9.47 Å². The normalized spacial score (nSPS) is 19.0. The number of aromatic nitrogens is 2. The van der Waals surface area contributed by atoms with Gasteiger partial charge in [-0.25, -0.2) is 9.48 Å². The molecule has 184 valence electrons. The van der Waals surface area contributed by atoms with Crippen molar-refractivity contribution in [1.29, 1.82) is 0 Å². The summed E-state index contributed by atoms with van der Waals surface area (Å²) in [5.74, 6) is -0.293. The highest BCUT2D eigenvalue weighted by atomic mass is 16.6. The lowest BCUT2D eigenvalue weighted by Gasteiger charge is -2.30. The zero-order chi connectivity index (χ0) is 24.6. The molecule has 0 bridgehead atoms. The van der Waals surface area contributed by atoms with E-state index in [9.17, 15) is 4.79 Å². The van der Waals surface area contributed by atoms with Gasteiger partial charge in [0.2, 0.25) is 0 Å². The molecule has 0 N–H and O–H groups in total. The predicted octanol–water partition coefficient (Wildman–Crippen LogP) is 6.29. The van der Waals surface area contributed by atoms with Crippen molar-refractivity contribution in [3.63, 3.8) is 0 Å². The van der Waals surface area contributed by atoms with Gasteiger partial charge in [-0.2, -0.15) is 5.10 Å². The van der Waals surface area contributed by atoms with Crippen LogP contribution in [0.5, 0.6) is 0 Å². The third-order valence-corrected chi connectivity index (χ3v) is 6.72. The van der Waals surface area contributed by atoms with E-state index in [1.807, 2.05) is 43.8 Å². The predicted molar refractivity (Wildman–Crippen MR) is 140 cm³/mol. The van der Waals surface area contributed by atoms with Crippen LogP contribution in [0.1, 0.15) is 74.2 Å². The zero-order valence-corrected chi connectivity index (χ0v) is 21.2. The number of aryl methyl sites for hydroxylation is 1. The Bertz CT molecular complexity index is 1260. The standard InChI is InChI=1S/C29H35N3O3/c1-20-8-7-9-22(18-20)31-15-13-21(14-16-31)27-23(28(33)35-29(2,3)4)11-12-25-24(27)19-30-32(25)26-10-5-6-17-34-26/h7-9,11-13,18-19,26H,5-6,10,14-17H2,1-4H3. The maximum Gasteiger partial charge on any atom is 0.339 e. The number of carbonyl (C=O) groups excluding carboxylic acids is 1. The van der Waals surface area contributed by atoms with Crippen molar-refractivity contribution < 1.29 is 14.3 Å². The first kappa shape index (κ1) is 23.6. The van der Waals surface area contributed by atoms with Gasteiger partial charge in [0.1, 0.15) is 5.60 Å². The second-order valence-electron chi connectivity index (χ2n) is 10.6. The molecule has 0 saturated carbocycles. The first-order valence-electron chi connectivity index (χ1n) is 12.7. The second-order valence-corrected chi connectivity index (χ2v) is 10.6. The molecule has 0 amide bonds. The molecule has 2 aliphatic rings. The molecule has 3 heterocycles. The van der Waals surface area contributed by atoms with Crippen molar-refractivity contribution in [2.45, 2.75) is 65.2 Å². The summed E-state index contributed by atoms with van der Waals surface area (Å²) >= 11 is 0. The highest BCUT2D eigenvalue weighted by molar-refractivity contribution is 6.04. The molecule has 1 fully saturated rings. The largest absolute Gasteiger partial charge is 0.456 e. The summed E-state index contributed by atoms with van der Waals surface area (Å²) in [7, 11) is 0. The van der Waals surface area contributed by atoms with Crippen molar-refractivity contribution in [1.82, 2.24) is 9.78 Å². The van der Waals surface area contributed by atoms with Gasteiger partial charge >= 0.3 is 5.97 Å². The average Bonchev–Trinajstić information content (AvgIpc) is 3.27. The fraction of sp³-hybridized carbons (Fsp3) is 0.448. The number of hydrogen-bond acceptors (Lipinski definition) is 5. The van der Waals surface area contributed by atoms with Crippen LogP contribution >= 0.6 is 0 Å². The van der Waals surface area contributed by atoms with Crippen molar-refractivity contribution in [3.8, 4) is 0 Å². The number of nitrogens with zero attached hydrogens (tertiary/aromatic N) is 3. The molecular weight excluding hydrogens is 438 g/mol. The fourth-order valence-electron chi connectivity index (χ4n) is 5.07. The van der Waals surface area contributed by atoms with Gasteiger partial charge in [-0.15, -0.1) is 0 Å². The van der Waals surface area contributed by atoms with Crippen molar-refractivity contribution in [2.24, 2.45) is 0 Å². The quantitative estimate of drug-likeness (QED) is 0.417. The van der Waals surface area contributed by atoms with Gasteiger partial charge in [-0.1, -0.05) is 18.2 Å². The van der Waals surface area contributed by atoms with Crippen molar-refractivity contribution in [2.75, 3.05) is 24.6 Å². The molecule has 2 aromatic carbocycles. The van der Waals surface area contributed by atoms with Gasteiger partial charge in [0.15, 0.2) is 6.23 Å². The summed E-state index contributed by atoms with van der Waals surface area (Å²) in [5, 5.41) is 5.71. The summed E-state index contributed by atoms with van der Waals surface area (Å²) in [6.45, 7) is 10.3. The molecule has 6 heteroatoms. The zero-order valence-electron chi connectivity index (χ0n) is 21.2.